The van der Waals surface area contributed by atoms with Crippen molar-refractivity contribution >= 4 is 24.2 Å². The highest BCUT2D eigenvalue weighted by Gasteiger charge is 2.15. The van der Waals surface area contributed by atoms with Crippen molar-refractivity contribution < 1.29 is 19.1 Å². The van der Waals surface area contributed by atoms with Crippen molar-refractivity contribution in [3.63, 3.8) is 0 Å². The fourth-order valence-corrected chi connectivity index (χ4v) is 2.56. The van der Waals surface area contributed by atoms with E-state index in [0.29, 0.717) is 17.1 Å². The van der Waals surface area contributed by atoms with E-state index in [1.807, 2.05) is 71.0 Å². The van der Waals surface area contributed by atoms with Gasteiger partial charge in [-0.2, -0.15) is 0 Å². The molecule has 151 valence electrons. The van der Waals surface area contributed by atoms with Crippen LogP contribution in [0.25, 0.3) is 12.2 Å². The normalized spacial score (nSPS) is 12.3. The van der Waals surface area contributed by atoms with Gasteiger partial charge in [0.25, 0.3) is 0 Å². The molecule has 29 heavy (non-hydrogen) atoms. The van der Waals surface area contributed by atoms with E-state index < -0.39 is 11.4 Å². The maximum absolute atomic E-state index is 12.6. The van der Waals surface area contributed by atoms with E-state index in [1.165, 1.54) is 12.2 Å². The minimum atomic E-state index is -0.440. The molecule has 0 atom stereocenters. The van der Waals surface area contributed by atoms with Gasteiger partial charge in [0.15, 0.2) is 5.78 Å². The third kappa shape index (κ3) is 7.07. The Balaban J connectivity index is 2.29. The third-order valence-corrected chi connectivity index (χ3v) is 3.71. The van der Waals surface area contributed by atoms with Crippen LogP contribution in [0, 0.1) is 0 Å². The topological polar surface area (TPSA) is 52.6 Å². The van der Waals surface area contributed by atoms with Gasteiger partial charge in [0.2, 0.25) is 6.29 Å². The van der Waals surface area contributed by atoms with Gasteiger partial charge in [-0.15, -0.1) is 0 Å². The lowest BCUT2D eigenvalue weighted by molar-refractivity contribution is -0.110. The van der Waals surface area contributed by atoms with Crippen LogP contribution in [0.2, 0.25) is 0 Å². The maximum Gasteiger partial charge on any atom is 0.237 e. The van der Waals surface area contributed by atoms with Crippen molar-refractivity contribution in [1.29, 1.82) is 0 Å². The monoisotopic (exact) mass is 391 g/mol. The Bertz CT molecular complexity index is 914. The summed E-state index contributed by atoms with van der Waals surface area (Å²) in [5, 5.41) is 0. The van der Waals surface area contributed by atoms with Gasteiger partial charge in [-0.3, -0.25) is 9.59 Å². The molecule has 0 spiro atoms. The summed E-state index contributed by atoms with van der Waals surface area (Å²) < 4.78 is 11.7. The Morgan fingerprint density at radius 3 is 2.14 bits per heavy atom. The van der Waals surface area contributed by atoms with Crippen molar-refractivity contribution in [2.45, 2.75) is 46.3 Å². The second kappa shape index (κ2) is 9.87. The molecule has 0 bridgehead atoms. The summed E-state index contributed by atoms with van der Waals surface area (Å²) >= 11 is 0. The van der Waals surface area contributed by atoms with Gasteiger partial charge in [-0.25, -0.2) is 0 Å². The fourth-order valence-electron chi connectivity index (χ4n) is 2.56. The van der Waals surface area contributed by atoms with E-state index in [0.717, 1.165) is 5.56 Å². The molecular formula is C25H27O4. The predicted molar refractivity (Wildman–Crippen MR) is 117 cm³/mol. The zero-order valence-electron chi connectivity index (χ0n) is 17.6. The van der Waals surface area contributed by atoms with E-state index in [4.69, 9.17) is 9.47 Å². The summed E-state index contributed by atoms with van der Waals surface area (Å²) in [4.78, 5) is 24.0. The van der Waals surface area contributed by atoms with Crippen LogP contribution in [0.15, 0.2) is 60.2 Å². The van der Waals surface area contributed by atoms with Gasteiger partial charge in [-0.1, -0.05) is 36.4 Å². The first-order valence-corrected chi connectivity index (χ1v) is 9.55. The molecule has 0 heterocycles. The van der Waals surface area contributed by atoms with E-state index in [2.05, 4.69) is 0 Å². The molecule has 1 radical (unpaired) electrons. The predicted octanol–water partition coefficient (Wildman–Crippen LogP) is 5.43. The highest BCUT2D eigenvalue weighted by molar-refractivity contribution is 6.21. The minimum Gasteiger partial charge on any atom is -0.490 e. The van der Waals surface area contributed by atoms with Gasteiger partial charge in [0, 0.05) is 11.1 Å². The number of rotatable bonds is 8. The second-order valence-electron chi connectivity index (χ2n) is 7.81. The Morgan fingerprint density at radius 2 is 1.55 bits per heavy atom. The first-order valence-electron chi connectivity index (χ1n) is 9.55. The molecule has 0 saturated heterocycles. The molecule has 0 unspecified atom stereocenters. The SMILES string of the molecule is CC(C)Oc1ccccc1C=CC(=O)C([C]=O)=Cc1ccccc1OC(C)(C)C. The second-order valence-corrected chi connectivity index (χ2v) is 7.81. The van der Waals surface area contributed by atoms with Crippen molar-refractivity contribution in [3.05, 3.63) is 71.3 Å². The summed E-state index contributed by atoms with van der Waals surface area (Å²) in [7, 11) is 0. The summed E-state index contributed by atoms with van der Waals surface area (Å²) in [5.74, 6) is 0.834. The number of para-hydroxylation sites is 2. The number of ketones is 1. The molecule has 2 aromatic carbocycles. The highest BCUT2D eigenvalue weighted by atomic mass is 16.5. The molecule has 2 rings (SSSR count). The molecule has 0 aliphatic carbocycles. The van der Waals surface area contributed by atoms with Crippen LogP contribution in [-0.2, 0) is 9.59 Å². The largest absolute Gasteiger partial charge is 0.490 e. The molecule has 0 aliphatic heterocycles. The average molecular weight is 391 g/mol. The quantitative estimate of drug-likeness (QED) is 0.342. The summed E-state index contributed by atoms with van der Waals surface area (Å²) in [5.41, 5.74) is 0.926. The summed E-state index contributed by atoms with van der Waals surface area (Å²) in [6.07, 6.45) is 6.25. The van der Waals surface area contributed by atoms with Crippen LogP contribution in [0.4, 0.5) is 0 Å². The van der Waals surface area contributed by atoms with Crippen LogP contribution < -0.4 is 9.47 Å². The van der Waals surface area contributed by atoms with E-state index in [-0.39, 0.29) is 11.7 Å². The van der Waals surface area contributed by atoms with Gasteiger partial charge in [0.1, 0.15) is 17.1 Å². The van der Waals surface area contributed by atoms with Gasteiger partial charge >= 0.3 is 0 Å². The van der Waals surface area contributed by atoms with E-state index in [9.17, 15) is 9.59 Å². The molecule has 0 aromatic heterocycles. The van der Waals surface area contributed by atoms with Crippen LogP contribution in [-0.4, -0.2) is 23.8 Å². The average Bonchev–Trinajstić information content (AvgIpc) is 2.64. The molecule has 2 aromatic rings. The number of hydrogen-bond acceptors (Lipinski definition) is 4. The zero-order chi connectivity index (χ0) is 21.4. The van der Waals surface area contributed by atoms with Crippen molar-refractivity contribution in [1.82, 2.24) is 0 Å². The Labute approximate surface area is 172 Å². The zero-order valence-corrected chi connectivity index (χ0v) is 17.6. The van der Waals surface area contributed by atoms with Gasteiger partial charge in [0.05, 0.1) is 11.7 Å². The number of hydrogen-bond donors (Lipinski definition) is 0. The summed E-state index contributed by atoms with van der Waals surface area (Å²) in [6, 6.07) is 14.7. The lowest BCUT2D eigenvalue weighted by Crippen LogP contribution is -2.23. The number of carbonyl (C=O) groups is 1. The first kappa shape index (κ1) is 22.2. The lowest BCUT2D eigenvalue weighted by Gasteiger charge is -2.22. The molecule has 0 saturated carbocycles. The number of benzene rings is 2. The molecule has 4 heteroatoms. The number of ether oxygens (including phenoxy) is 2. The number of allylic oxidation sites excluding steroid dienone is 2. The standard InChI is InChI=1S/C25H27O4/c1-18(2)28-23-12-8-6-10-19(23)14-15-22(27)21(17-26)16-20-11-7-9-13-24(20)29-25(3,4)5/h6-16,18H,1-5H3. The van der Waals surface area contributed by atoms with Gasteiger partial charge < -0.3 is 9.47 Å². The van der Waals surface area contributed by atoms with Gasteiger partial charge in [-0.05, 0) is 65.0 Å². The van der Waals surface area contributed by atoms with Crippen molar-refractivity contribution in [2.75, 3.05) is 0 Å². The molecule has 0 N–H and O–H groups in total. The molecule has 0 aliphatic rings. The Morgan fingerprint density at radius 1 is 0.966 bits per heavy atom. The Hall–Kier alpha value is -3.14. The highest BCUT2D eigenvalue weighted by Crippen LogP contribution is 2.25. The van der Waals surface area contributed by atoms with E-state index >= 15 is 0 Å². The first-order chi connectivity index (χ1) is 13.7. The summed E-state index contributed by atoms with van der Waals surface area (Å²) in [6.45, 7) is 9.68. The Kier molecular flexibility index (Phi) is 7.54. The number of carbonyl (C=O) groups excluding carboxylic acids is 2. The van der Waals surface area contributed by atoms with Crippen molar-refractivity contribution in [3.8, 4) is 11.5 Å². The molecule has 0 fully saturated rings. The van der Waals surface area contributed by atoms with Crippen molar-refractivity contribution in [2.24, 2.45) is 0 Å². The van der Waals surface area contributed by atoms with Crippen LogP contribution >= 0.6 is 0 Å². The smallest absolute Gasteiger partial charge is 0.237 e. The molecule has 0 amide bonds. The van der Waals surface area contributed by atoms with E-state index in [1.54, 1.807) is 24.5 Å². The van der Waals surface area contributed by atoms with Crippen LogP contribution in [0.5, 0.6) is 11.5 Å². The molecular weight excluding hydrogens is 364 g/mol. The maximum atomic E-state index is 12.6. The minimum absolute atomic E-state index is 0.0123. The molecule has 4 nitrogen and oxygen atoms in total. The van der Waals surface area contributed by atoms with Crippen LogP contribution in [0.1, 0.15) is 45.7 Å². The van der Waals surface area contributed by atoms with Crippen LogP contribution in [0.3, 0.4) is 0 Å². The third-order valence-electron chi connectivity index (χ3n) is 3.71. The lowest BCUT2D eigenvalue weighted by atomic mass is 10.1. The fraction of sp³-hybridized carbons (Fsp3) is 0.280.